The molecule has 9 aromatic rings. The van der Waals surface area contributed by atoms with Crippen LogP contribution in [0, 0.1) is 0 Å². The van der Waals surface area contributed by atoms with Gasteiger partial charge in [0.05, 0.1) is 11.0 Å². The lowest BCUT2D eigenvalue weighted by atomic mass is 9.68. The molecule has 0 radical (unpaired) electrons. The van der Waals surface area contributed by atoms with E-state index in [0.29, 0.717) is 0 Å². The number of fused-ring (bicyclic) bond motifs is 8. The second-order valence-corrected chi connectivity index (χ2v) is 13.8. The van der Waals surface area contributed by atoms with E-state index < -0.39 is 0 Å². The Hall–Kier alpha value is -6.12. The van der Waals surface area contributed by atoms with Gasteiger partial charge in [-0.3, -0.25) is 0 Å². The highest BCUT2D eigenvalue weighted by Gasteiger charge is 2.35. The number of nitrogens with zero attached hydrogens (tertiary/aromatic N) is 2. The number of anilines is 3. The highest BCUT2D eigenvalue weighted by Crippen LogP contribution is 2.53. The minimum atomic E-state index is -0.101. The predicted molar refractivity (Wildman–Crippen MR) is 208 cm³/mol. The summed E-state index contributed by atoms with van der Waals surface area (Å²) in [5.74, 6) is 0. The molecular weight excluding hydrogens is 593 g/mol. The van der Waals surface area contributed by atoms with Crippen LogP contribution >= 0.6 is 0 Å². The van der Waals surface area contributed by atoms with Crippen LogP contribution in [0.3, 0.4) is 0 Å². The maximum Gasteiger partial charge on any atom is 0.0553 e. The Morgan fingerprint density at radius 3 is 1.82 bits per heavy atom. The van der Waals surface area contributed by atoms with Gasteiger partial charge >= 0.3 is 0 Å². The Kier molecular flexibility index (Phi) is 5.95. The molecule has 0 amide bonds. The molecule has 10 rings (SSSR count). The van der Waals surface area contributed by atoms with Crippen LogP contribution in [0.25, 0.3) is 60.2 Å². The lowest BCUT2D eigenvalue weighted by Crippen LogP contribution is -2.23. The minimum absolute atomic E-state index is 0.101. The van der Waals surface area contributed by atoms with Crippen LogP contribution in [-0.4, -0.2) is 4.57 Å². The first kappa shape index (κ1) is 27.9. The highest BCUT2D eigenvalue weighted by molar-refractivity contribution is 6.30. The van der Waals surface area contributed by atoms with Gasteiger partial charge in [-0.25, -0.2) is 0 Å². The summed E-state index contributed by atoms with van der Waals surface area (Å²) < 4.78 is 2.49. The molecule has 1 aromatic heterocycles. The third-order valence-corrected chi connectivity index (χ3v) is 10.7. The second kappa shape index (κ2) is 10.4. The Labute approximate surface area is 286 Å². The highest BCUT2D eigenvalue weighted by atomic mass is 15.1. The van der Waals surface area contributed by atoms with Crippen molar-refractivity contribution in [3.8, 4) is 16.8 Å². The fraction of sp³-hybridized carbons (Fsp3) is 0.0638. The van der Waals surface area contributed by atoms with E-state index in [1.807, 2.05) is 0 Å². The third-order valence-electron chi connectivity index (χ3n) is 10.7. The quantitative estimate of drug-likeness (QED) is 0.189. The topological polar surface area (TPSA) is 8.17 Å². The van der Waals surface area contributed by atoms with Gasteiger partial charge in [0.2, 0.25) is 0 Å². The van der Waals surface area contributed by atoms with Crippen molar-refractivity contribution < 1.29 is 0 Å². The molecule has 1 heterocycles. The van der Waals surface area contributed by atoms with E-state index >= 15 is 0 Å². The normalized spacial score (nSPS) is 13.3. The van der Waals surface area contributed by atoms with E-state index in [4.69, 9.17) is 0 Å². The van der Waals surface area contributed by atoms with Crippen molar-refractivity contribution in [3.63, 3.8) is 0 Å². The molecule has 1 aliphatic rings. The molecule has 49 heavy (non-hydrogen) atoms. The monoisotopic (exact) mass is 626 g/mol. The molecule has 0 atom stereocenters. The van der Waals surface area contributed by atoms with Gasteiger partial charge in [0.15, 0.2) is 0 Å². The smallest absolute Gasteiger partial charge is 0.0553 e. The first-order valence-corrected chi connectivity index (χ1v) is 17.1. The van der Waals surface area contributed by atoms with Crippen molar-refractivity contribution in [1.82, 2.24) is 4.57 Å². The minimum Gasteiger partial charge on any atom is -0.311 e. The van der Waals surface area contributed by atoms with Crippen molar-refractivity contribution in [2.45, 2.75) is 19.3 Å². The van der Waals surface area contributed by atoms with Crippen LogP contribution in [0.15, 0.2) is 170 Å². The van der Waals surface area contributed by atoms with Crippen molar-refractivity contribution >= 4 is 60.4 Å². The molecule has 8 aromatic carbocycles. The Balaban J connectivity index is 1.30. The molecule has 0 spiro atoms. The summed E-state index contributed by atoms with van der Waals surface area (Å²) in [5, 5.41) is 7.85. The lowest BCUT2D eigenvalue weighted by Gasteiger charge is -2.35. The Morgan fingerprint density at radius 1 is 0.449 bits per heavy atom. The number of benzene rings is 8. The first-order chi connectivity index (χ1) is 24.1. The van der Waals surface area contributed by atoms with Gasteiger partial charge in [-0.15, -0.1) is 0 Å². The van der Waals surface area contributed by atoms with E-state index in [-0.39, 0.29) is 5.41 Å². The standard InChI is InChI=1S/C47H34N2/c1-47(2)39-22-12-11-21-38(39)45-43-32(15-13-23-40(43)47)30-42-46(45)44-37-20-10-9-14-31(37)24-29-41(44)49(42)36-27-25-35(26-28-36)48(33-16-5-3-6-17-33)34-18-7-4-8-19-34/h3-30H,1-2H3. The van der Waals surface area contributed by atoms with E-state index in [1.165, 1.54) is 65.6 Å². The molecule has 1 aliphatic carbocycles. The second-order valence-electron chi connectivity index (χ2n) is 13.8. The van der Waals surface area contributed by atoms with Gasteiger partial charge in [-0.2, -0.15) is 0 Å². The number of rotatable bonds is 4. The Bertz CT molecular complexity index is 2680. The molecule has 0 unspecified atom stereocenters. The van der Waals surface area contributed by atoms with E-state index in [1.54, 1.807) is 0 Å². The number of aromatic nitrogens is 1. The molecule has 0 saturated carbocycles. The summed E-state index contributed by atoms with van der Waals surface area (Å²) in [7, 11) is 0. The van der Waals surface area contributed by atoms with Crippen molar-refractivity contribution in [2.75, 3.05) is 4.90 Å². The zero-order chi connectivity index (χ0) is 32.7. The summed E-state index contributed by atoms with van der Waals surface area (Å²) in [6.45, 7) is 4.75. The van der Waals surface area contributed by atoms with Crippen molar-refractivity contribution in [2.24, 2.45) is 0 Å². The average Bonchev–Trinajstić information content (AvgIpc) is 3.49. The van der Waals surface area contributed by atoms with Crippen LogP contribution < -0.4 is 4.90 Å². The molecule has 0 fully saturated rings. The zero-order valence-corrected chi connectivity index (χ0v) is 27.6. The third kappa shape index (κ3) is 4.01. The van der Waals surface area contributed by atoms with Crippen LogP contribution in [0.1, 0.15) is 25.0 Å². The Morgan fingerprint density at radius 2 is 1.06 bits per heavy atom. The molecule has 2 nitrogen and oxygen atoms in total. The van der Waals surface area contributed by atoms with Gasteiger partial charge < -0.3 is 9.47 Å². The van der Waals surface area contributed by atoms with Gasteiger partial charge in [-0.05, 0) is 98.9 Å². The van der Waals surface area contributed by atoms with Crippen LogP contribution in [0.2, 0.25) is 0 Å². The average molecular weight is 627 g/mol. The molecule has 0 aliphatic heterocycles. The van der Waals surface area contributed by atoms with E-state index in [9.17, 15) is 0 Å². The number of hydrogen-bond donors (Lipinski definition) is 0. The summed E-state index contributed by atoms with van der Waals surface area (Å²) >= 11 is 0. The summed E-state index contributed by atoms with van der Waals surface area (Å²) in [6, 6.07) is 62.1. The number of para-hydroxylation sites is 2. The van der Waals surface area contributed by atoms with Gasteiger partial charge in [0, 0.05) is 44.5 Å². The lowest BCUT2D eigenvalue weighted by molar-refractivity contribution is 0.645. The molecule has 0 saturated heterocycles. The molecule has 0 N–H and O–H groups in total. The molecule has 2 heteroatoms. The summed E-state index contributed by atoms with van der Waals surface area (Å²) in [4.78, 5) is 2.32. The van der Waals surface area contributed by atoms with Crippen molar-refractivity contribution in [1.29, 1.82) is 0 Å². The van der Waals surface area contributed by atoms with E-state index in [2.05, 4.69) is 193 Å². The largest absolute Gasteiger partial charge is 0.311 e. The fourth-order valence-corrected chi connectivity index (χ4v) is 8.52. The fourth-order valence-electron chi connectivity index (χ4n) is 8.52. The molecule has 0 bridgehead atoms. The molecular formula is C47H34N2. The van der Waals surface area contributed by atoms with E-state index in [0.717, 1.165) is 22.7 Å². The van der Waals surface area contributed by atoms with Crippen molar-refractivity contribution in [3.05, 3.63) is 181 Å². The number of hydrogen-bond acceptors (Lipinski definition) is 1. The maximum absolute atomic E-state index is 2.49. The SMILES string of the molecule is CC1(C)c2ccccc2-c2c3c1cccc3cc1c2c2c3ccccc3ccc2n1-c1ccc(N(c2ccccc2)c2ccccc2)cc1. The first-order valence-electron chi connectivity index (χ1n) is 17.1. The van der Waals surface area contributed by atoms with Crippen LogP contribution in [0.4, 0.5) is 17.1 Å². The van der Waals surface area contributed by atoms with Gasteiger partial charge in [-0.1, -0.05) is 123 Å². The van der Waals surface area contributed by atoms with Crippen LogP contribution in [0.5, 0.6) is 0 Å². The summed E-state index contributed by atoms with van der Waals surface area (Å²) in [5.41, 5.74) is 12.4. The van der Waals surface area contributed by atoms with Crippen LogP contribution in [-0.2, 0) is 5.41 Å². The zero-order valence-electron chi connectivity index (χ0n) is 27.6. The van der Waals surface area contributed by atoms with Gasteiger partial charge in [0.25, 0.3) is 0 Å². The maximum atomic E-state index is 2.49. The predicted octanol–water partition coefficient (Wildman–Crippen LogP) is 12.9. The van der Waals surface area contributed by atoms with Gasteiger partial charge in [0.1, 0.15) is 0 Å². The summed E-state index contributed by atoms with van der Waals surface area (Å²) in [6.07, 6.45) is 0. The molecule has 232 valence electrons.